The average molecular weight is 426 g/mol. The minimum Gasteiger partial charge on any atom is -0.367 e. The van der Waals surface area contributed by atoms with E-state index in [9.17, 15) is 0 Å². The van der Waals surface area contributed by atoms with Gasteiger partial charge in [0.2, 0.25) is 0 Å². The monoisotopic (exact) mass is 425 g/mol. The van der Waals surface area contributed by atoms with Crippen molar-refractivity contribution in [2.75, 3.05) is 13.2 Å². The van der Waals surface area contributed by atoms with Crippen LogP contribution in [0.2, 0.25) is 10.0 Å². The van der Waals surface area contributed by atoms with Crippen LogP contribution in [0, 0.1) is 0 Å². The maximum absolute atomic E-state index is 6.45. The SMILES string of the molecule is Clc1ccc(C(CN2CN=CN2)OCc2ccc(-c3ccccc3)cc2)c(Cl)c1. The number of hydrogen-bond donors (Lipinski definition) is 1. The summed E-state index contributed by atoms with van der Waals surface area (Å²) >= 11 is 12.5. The van der Waals surface area contributed by atoms with E-state index in [1.807, 2.05) is 35.3 Å². The number of hydrogen-bond acceptors (Lipinski definition) is 4. The first-order valence-corrected chi connectivity index (χ1v) is 10.1. The number of hydrazine groups is 1. The third-order valence-corrected chi connectivity index (χ3v) is 5.35. The fourth-order valence-electron chi connectivity index (χ4n) is 3.24. The van der Waals surface area contributed by atoms with Gasteiger partial charge in [0.1, 0.15) is 6.67 Å². The summed E-state index contributed by atoms with van der Waals surface area (Å²) in [5.74, 6) is 0. The molecule has 1 atom stereocenters. The molecule has 1 N–H and O–H groups in total. The number of nitrogens with one attached hydrogen (secondary N) is 1. The Kier molecular flexibility index (Phi) is 6.47. The van der Waals surface area contributed by atoms with Crippen LogP contribution in [0.15, 0.2) is 77.8 Å². The first-order chi connectivity index (χ1) is 14.2. The molecule has 3 aromatic rings. The summed E-state index contributed by atoms with van der Waals surface area (Å²) in [6, 6.07) is 24.3. The van der Waals surface area contributed by atoms with Crippen LogP contribution in [0.4, 0.5) is 0 Å². The van der Waals surface area contributed by atoms with E-state index >= 15 is 0 Å². The molecule has 1 unspecified atom stereocenters. The molecule has 3 aromatic carbocycles. The summed E-state index contributed by atoms with van der Waals surface area (Å²) in [5.41, 5.74) is 7.50. The van der Waals surface area contributed by atoms with Gasteiger partial charge in [-0.05, 0) is 28.8 Å². The molecule has 1 aliphatic rings. The molecule has 0 fully saturated rings. The lowest BCUT2D eigenvalue weighted by atomic mass is 10.0. The number of aliphatic imine (C=N–C) groups is 1. The zero-order valence-electron chi connectivity index (χ0n) is 15.8. The molecule has 1 heterocycles. The standard InChI is InChI=1S/C23H21Cl2N3O/c24-20-10-11-21(22(25)12-20)23(13-28-16-26-15-27-28)29-14-17-6-8-19(9-7-17)18-4-2-1-3-5-18/h1-12,15,23H,13-14,16H2,(H,26,27). The highest BCUT2D eigenvalue weighted by atomic mass is 35.5. The van der Waals surface area contributed by atoms with Crippen LogP contribution >= 0.6 is 23.2 Å². The van der Waals surface area contributed by atoms with E-state index in [-0.39, 0.29) is 6.10 Å². The quantitative estimate of drug-likeness (QED) is 0.525. The number of benzene rings is 3. The van der Waals surface area contributed by atoms with Crippen molar-refractivity contribution < 1.29 is 4.74 Å². The van der Waals surface area contributed by atoms with Crippen molar-refractivity contribution in [1.82, 2.24) is 10.4 Å². The predicted molar refractivity (Wildman–Crippen MR) is 119 cm³/mol. The summed E-state index contributed by atoms with van der Waals surface area (Å²) in [4.78, 5) is 4.18. The Morgan fingerprint density at radius 1 is 0.966 bits per heavy atom. The second-order valence-corrected chi connectivity index (χ2v) is 7.68. The molecular weight excluding hydrogens is 405 g/mol. The molecule has 4 rings (SSSR count). The fraction of sp³-hybridized carbons (Fsp3) is 0.174. The molecule has 4 nitrogen and oxygen atoms in total. The second-order valence-electron chi connectivity index (χ2n) is 6.83. The van der Waals surface area contributed by atoms with Gasteiger partial charge in [-0.25, -0.2) is 0 Å². The lowest BCUT2D eigenvalue weighted by Crippen LogP contribution is -2.36. The lowest BCUT2D eigenvalue weighted by molar-refractivity contribution is 0.0110. The van der Waals surface area contributed by atoms with E-state index in [0.29, 0.717) is 29.9 Å². The highest BCUT2D eigenvalue weighted by molar-refractivity contribution is 6.35. The maximum atomic E-state index is 6.45. The molecule has 0 aliphatic carbocycles. The van der Waals surface area contributed by atoms with Gasteiger partial charge in [-0.2, -0.15) is 5.01 Å². The van der Waals surface area contributed by atoms with Crippen LogP contribution in [0.5, 0.6) is 0 Å². The number of nitrogens with zero attached hydrogens (tertiary/aromatic N) is 2. The van der Waals surface area contributed by atoms with E-state index in [2.05, 4.69) is 46.8 Å². The highest BCUT2D eigenvalue weighted by Gasteiger charge is 2.21. The van der Waals surface area contributed by atoms with Gasteiger partial charge >= 0.3 is 0 Å². The van der Waals surface area contributed by atoms with Gasteiger partial charge < -0.3 is 10.2 Å². The summed E-state index contributed by atoms with van der Waals surface area (Å²) in [6.45, 7) is 1.67. The Hall–Kier alpha value is -2.37. The molecular formula is C23H21Cl2N3O. The predicted octanol–water partition coefficient (Wildman–Crippen LogP) is 5.72. The Bertz CT molecular complexity index is 969. The van der Waals surface area contributed by atoms with Gasteiger partial charge in [0, 0.05) is 15.6 Å². The third kappa shape index (κ3) is 5.17. The number of halogens is 2. The minimum atomic E-state index is -0.220. The van der Waals surface area contributed by atoms with Gasteiger partial charge in [-0.3, -0.25) is 4.99 Å². The van der Waals surface area contributed by atoms with E-state index in [1.54, 1.807) is 12.4 Å². The first kappa shape index (κ1) is 19.9. The van der Waals surface area contributed by atoms with Crippen molar-refractivity contribution in [2.45, 2.75) is 12.7 Å². The van der Waals surface area contributed by atoms with Gasteiger partial charge in [-0.15, -0.1) is 0 Å². The molecule has 0 saturated heterocycles. The largest absolute Gasteiger partial charge is 0.367 e. The van der Waals surface area contributed by atoms with Gasteiger partial charge in [-0.1, -0.05) is 83.9 Å². The van der Waals surface area contributed by atoms with E-state index in [4.69, 9.17) is 27.9 Å². The van der Waals surface area contributed by atoms with Gasteiger partial charge in [0.15, 0.2) is 0 Å². The molecule has 0 saturated carbocycles. The summed E-state index contributed by atoms with van der Waals surface area (Å²) in [5, 5.41) is 3.19. The van der Waals surface area contributed by atoms with E-state index in [1.165, 1.54) is 11.1 Å². The van der Waals surface area contributed by atoms with Gasteiger partial charge in [0.25, 0.3) is 0 Å². The smallest absolute Gasteiger partial charge is 0.110 e. The normalized spacial score (nSPS) is 14.7. The van der Waals surface area contributed by atoms with Gasteiger partial charge in [0.05, 0.1) is 25.6 Å². The van der Waals surface area contributed by atoms with Crippen LogP contribution in [-0.2, 0) is 11.3 Å². The highest BCUT2D eigenvalue weighted by Crippen LogP contribution is 2.30. The molecule has 0 aromatic heterocycles. The number of rotatable bonds is 7. The second kappa shape index (κ2) is 9.42. The van der Waals surface area contributed by atoms with Crippen molar-refractivity contribution in [3.8, 4) is 11.1 Å². The zero-order valence-corrected chi connectivity index (χ0v) is 17.3. The van der Waals surface area contributed by atoms with Crippen molar-refractivity contribution in [2.24, 2.45) is 4.99 Å². The summed E-state index contributed by atoms with van der Waals surface area (Å²) < 4.78 is 6.28. The van der Waals surface area contributed by atoms with Crippen molar-refractivity contribution in [3.63, 3.8) is 0 Å². The first-order valence-electron chi connectivity index (χ1n) is 9.39. The Morgan fingerprint density at radius 2 is 1.72 bits per heavy atom. The minimum absolute atomic E-state index is 0.220. The fourth-order valence-corrected chi connectivity index (χ4v) is 3.77. The third-order valence-electron chi connectivity index (χ3n) is 4.79. The molecule has 0 radical (unpaired) electrons. The van der Waals surface area contributed by atoms with Crippen LogP contribution in [0.3, 0.4) is 0 Å². The van der Waals surface area contributed by atoms with E-state index < -0.39 is 0 Å². The van der Waals surface area contributed by atoms with Crippen LogP contribution in [0.25, 0.3) is 11.1 Å². The van der Waals surface area contributed by atoms with Crippen LogP contribution in [-0.4, -0.2) is 24.6 Å². The molecule has 29 heavy (non-hydrogen) atoms. The molecule has 0 spiro atoms. The Labute approximate surface area is 180 Å². The Balaban J connectivity index is 1.47. The molecule has 0 bridgehead atoms. The van der Waals surface area contributed by atoms with Crippen LogP contribution < -0.4 is 5.43 Å². The molecule has 148 valence electrons. The maximum Gasteiger partial charge on any atom is 0.110 e. The van der Waals surface area contributed by atoms with Crippen molar-refractivity contribution in [1.29, 1.82) is 0 Å². The molecule has 0 amide bonds. The van der Waals surface area contributed by atoms with E-state index in [0.717, 1.165) is 11.1 Å². The Morgan fingerprint density at radius 3 is 2.41 bits per heavy atom. The summed E-state index contributed by atoms with van der Waals surface area (Å²) in [6.07, 6.45) is 1.46. The van der Waals surface area contributed by atoms with Crippen LogP contribution in [0.1, 0.15) is 17.2 Å². The zero-order chi connectivity index (χ0) is 20.1. The molecule has 1 aliphatic heterocycles. The average Bonchev–Trinajstić information content (AvgIpc) is 3.26. The van der Waals surface area contributed by atoms with Crippen molar-refractivity contribution >= 4 is 29.5 Å². The summed E-state index contributed by atoms with van der Waals surface area (Å²) in [7, 11) is 0. The topological polar surface area (TPSA) is 36.9 Å². The lowest BCUT2D eigenvalue weighted by Gasteiger charge is -2.24. The number of ether oxygens (including phenoxy) is 1. The molecule has 6 heteroatoms. The van der Waals surface area contributed by atoms with Crippen molar-refractivity contribution in [3.05, 3.63) is 94.0 Å².